The summed E-state index contributed by atoms with van der Waals surface area (Å²) in [5.41, 5.74) is 3.05. The van der Waals surface area contributed by atoms with Crippen LogP contribution < -0.4 is 10.6 Å². The van der Waals surface area contributed by atoms with E-state index in [9.17, 15) is 0 Å². The third-order valence-electron chi connectivity index (χ3n) is 3.34. The first-order valence-electron chi connectivity index (χ1n) is 7.58. The van der Waals surface area contributed by atoms with Crippen molar-refractivity contribution in [1.82, 2.24) is 10.2 Å². The van der Waals surface area contributed by atoms with E-state index in [-0.39, 0.29) is 0 Å². The van der Waals surface area contributed by atoms with E-state index in [1.54, 1.807) is 17.6 Å². The molecule has 0 radical (unpaired) electrons. The first-order valence-corrected chi connectivity index (χ1v) is 8.40. The van der Waals surface area contributed by atoms with Gasteiger partial charge in [0.05, 0.1) is 12.8 Å². The topological polar surface area (TPSA) is 82.6 Å². The van der Waals surface area contributed by atoms with Crippen LogP contribution in [0, 0.1) is 13.8 Å². The van der Waals surface area contributed by atoms with Crippen molar-refractivity contribution in [2.75, 3.05) is 6.61 Å². The second-order valence-electron chi connectivity index (χ2n) is 5.22. The van der Waals surface area contributed by atoms with Gasteiger partial charge >= 0.3 is 0 Å². The molecular formula is C16H22N4O2S. The summed E-state index contributed by atoms with van der Waals surface area (Å²) in [6.45, 7) is 6.78. The van der Waals surface area contributed by atoms with Gasteiger partial charge in [-0.3, -0.25) is 0 Å². The van der Waals surface area contributed by atoms with Crippen molar-refractivity contribution in [3.05, 3.63) is 38.8 Å². The number of aryl methyl sites for hydroxylation is 4. The number of nitrogens with two attached hydrogens (primary N) is 1. The highest BCUT2D eigenvalue weighted by atomic mass is 32.1. The van der Waals surface area contributed by atoms with Gasteiger partial charge in [-0.1, -0.05) is 12.1 Å². The minimum Gasteiger partial charge on any atom is -0.493 e. The lowest BCUT2D eigenvalue weighted by Gasteiger charge is -2.12. The SMILES string of the molecule is CCc1nnc(CCCOc2c(C)cc(C=NON)cc2C)s1. The molecule has 7 heteroatoms. The average Bonchev–Trinajstić information content (AvgIpc) is 2.99. The molecule has 0 aliphatic carbocycles. The number of aromatic nitrogens is 2. The van der Waals surface area contributed by atoms with E-state index in [1.165, 1.54) is 0 Å². The Morgan fingerprint density at radius 1 is 1.22 bits per heavy atom. The van der Waals surface area contributed by atoms with Crippen LogP contribution in [0.2, 0.25) is 0 Å². The van der Waals surface area contributed by atoms with Crippen LogP contribution in [0.3, 0.4) is 0 Å². The largest absolute Gasteiger partial charge is 0.493 e. The van der Waals surface area contributed by atoms with Crippen LogP contribution in [0.4, 0.5) is 0 Å². The Morgan fingerprint density at radius 3 is 2.52 bits per heavy atom. The van der Waals surface area contributed by atoms with E-state index >= 15 is 0 Å². The molecule has 0 spiro atoms. The average molecular weight is 334 g/mol. The Hall–Kier alpha value is -1.99. The number of ether oxygens (including phenoxy) is 1. The molecule has 23 heavy (non-hydrogen) atoms. The van der Waals surface area contributed by atoms with Gasteiger partial charge in [0.2, 0.25) is 0 Å². The summed E-state index contributed by atoms with van der Waals surface area (Å²) < 4.78 is 5.94. The summed E-state index contributed by atoms with van der Waals surface area (Å²) in [6, 6.07) is 3.98. The summed E-state index contributed by atoms with van der Waals surface area (Å²) in [4.78, 5) is 4.22. The van der Waals surface area contributed by atoms with Crippen LogP contribution in [0.1, 0.15) is 40.1 Å². The third kappa shape index (κ3) is 5.01. The van der Waals surface area contributed by atoms with E-state index in [0.717, 1.165) is 51.7 Å². The van der Waals surface area contributed by atoms with Crippen LogP contribution in [0.25, 0.3) is 0 Å². The fourth-order valence-electron chi connectivity index (χ4n) is 2.31. The van der Waals surface area contributed by atoms with Crippen molar-refractivity contribution in [3.8, 4) is 5.75 Å². The molecule has 2 aromatic rings. The highest BCUT2D eigenvalue weighted by Crippen LogP contribution is 2.24. The first kappa shape index (κ1) is 17.4. The Kier molecular flexibility index (Phi) is 6.49. The van der Waals surface area contributed by atoms with Crippen molar-refractivity contribution in [3.63, 3.8) is 0 Å². The highest BCUT2D eigenvalue weighted by Gasteiger charge is 2.07. The molecule has 0 aliphatic rings. The molecule has 2 N–H and O–H groups in total. The summed E-state index contributed by atoms with van der Waals surface area (Å²) >= 11 is 1.68. The molecular weight excluding hydrogens is 312 g/mol. The smallest absolute Gasteiger partial charge is 0.125 e. The zero-order valence-electron chi connectivity index (χ0n) is 13.7. The molecule has 124 valence electrons. The molecule has 0 saturated carbocycles. The van der Waals surface area contributed by atoms with Gasteiger partial charge in [0.15, 0.2) is 0 Å². The summed E-state index contributed by atoms with van der Waals surface area (Å²) in [6.07, 6.45) is 4.33. The lowest BCUT2D eigenvalue weighted by Crippen LogP contribution is -2.03. The Bertz CT molecular complexity index is 647. The number of hydrogen-bond donors (Lipinski definition) is 1. The quantitative estimate of drug-likeness (QED) is 0.456. The molecule has 0 atom stereocenters. The standard InChI is InChI=1S/C16H22N4O2S/c1-4-14-19-20-15(23-14)6-5-7-21-16-11(2)8-13(9-12(16)3)10-18-22-17/h8-10H,4-7,17H2,1-3H3. The minimum absolute atomic E-state index is 0.655. The van der Waals surface area contributed by atoms with Gasteiger partial charge in [0, 0.05) is 6.42 Å². The van der Waals surface area contributed by atoms with Gasteiger partial charge in [-0.2, -0.15) is 0 Å². The van der Waals surface area contributed by atoms with Crippen molar-refractivity contribution >= 4 is 17.6 Å². The van der Waals surface area contributed by atoms with Crippen molar-refractivity contribution in [1.29, 1.82) is 0 Å². The fraction of sp³-hybridized carbons (Fsp3) is 0.438. The molecule has 6 nitrogen and oxygen atoms in total. The number of hydrogen-bond acceptors (Lipinski definition) is 7. The second-order valence-corrected chi connectivity index (χ2v) is 6.37. The van der Waals surface area contributed by atoms with Crippen LogP contribution in [0.5, 0.6) is 5.75 Å². The summed E-state index contributed by atoms with van der Waals surface area (Å²) in [5.74, 6) is 5.81. The number of oxime groups is 1. The maximum atomic E-state index is 5.94. The van der Waals surface area contributed by atoms with Gasteiger partial charge in [0.25, 0.3) is 0 Å². The van der Waals surface area contributed by atoms with Crippen LogP contribution in [-0.2, 0) is 17.8 Å². The Morgan fingerprint density at radius 2 is 1.91 bits per heavy atom. The van der Waals surface area contributed by atoms with Gasteiger partial charge in [-0.15, -0.1) is 27.4 Å². The summed E-state index contributed by atoms with van der Waals surface area (Å²) in [5, 5.41) is 14.1. The van der Waals surface area contributed by atoms with Crippen LogP contribution in [0.15, 0.2) is 17.3 Å². The molecule has 0 fully saturated rings. The molecule has 2 rings (SSSR count). The van der Waals surface area contributed by atoms with Gasteiger partial charge in [-0.05, 0) is 55.5 Å². The zero-order chi connectivity index (χ0) is 16.7. The fourth-order valence-corrected chi connectivity index (χ4v) is 3.13. The predicted octanol–water partition coefficient (Wildman–Crippen LogP) is 2.95. The zero-order valence-corrected chi connectivity index (χ0v) is 14.5. The maximum Gasteiger partial charge on any atom is 0.125 e. The molecule has 0 amide bonds. The van der Waals surface area contributed by atoms with Gasteiger partial charge in [-0.25, -0.2) is 0 Å². The number of benzene rings is 1. The maximum absolute atomic E-state index is 5.94. The number of rotatable bonds is 8. The molecule has 1 heterocycles. The number of nitrogens with zero attached hydrogens (tertiary/aromatic N) is 3. The van der Waals surface area contributed by atoms with E-state index in [2.05, 4.69) is 27.2 Å². The van der Waals surface area contributed by atoms with Gasteiger partial charge < -0.3 is 9.68 Å². The molecule has 0 aliphatic heterocycles. The summed E-state index contributed by atoms with van der Waals surface area (Å²) in [7, 11) is 0. The highest BCUT2D eigenvalue weighted by molar-refractivity contribution is 7.11. The van der Waals surface area contributed by atoms with Gasteiger partial charge in [0.1, 0.15) is 15.8 Å². The Balaban J connectivity index is 1.88. The first-order chi connectivity index (χ1) is 11.1. The lowest BCUT2D eigenvalue weighted by molar-refractivity contribution is 0.150. The van der Waals surface area contributed by atoms with E-state index in [0.29, 0.717) is 6.61 Å². The molecule has 0 unspecified atom stereocenters. The monoisotopic (exact) mass is 334 g/mol. The normalized spacial score (nSPS) is 11.1. The molecule has 0 bridgehead atoms. The molecule has 0 saturated heterocycles. The minimum atomic E-state index is 0.655. The van der Waals surface area contributed by atoms with Crippen molar-refractivity contribution in [2.24, 2.45) is 11.1 Å². The van der Waals surface area contributed by atoms with Crippen LogP contribution >= 0.6 is 11.3 Å². The third-order valence-corrected chi connectivity index (χ3v) is 4.47. The van der Waals surface area contributed by atoms with Crippen LogP contribution in [-0.4, -0.2) is 23.0 Å². The van der Waals surface area contributed by atoms with E-state index in [4.69, 9.17) is 10.6 Å². The van der Waals surface area contributed by atoms with Crippen molar-refractivity contribution in [2.45, 2.75) is 40.0 Å². The Labute approximate surface area is 140 Å². The molecule has 1 aromatic carbocycles. The van der Waals surface area contributed by atoms with E-state index in [1.807, 2.05) is 26.0 Å². The molecule has 1 aromatic heterocycles. The van der Waals surface area contributed by atoms with Crippen molar-refractivity contribution < 1.29 is 9.68 Å². The predicted molar refractivity (Wildman–Crippen MR) is 91.9 cm³/mol. The lowest BCUT2D eigenvalue weighted by atomic mass is 10.1. The van der Waals surface area contributed by atoms with E-state index < -0.39 is 0 Å². The second kappa shape index (κ2) is 8.59.